The van der Waals surface area contributed by atoms with Gasteiger partial charge < -0.3 is 0 Å². The van der Waals surface area contributed by atoms with E-state index in [2.05, 4.69) is 4.99 Å². The Kier molecular flexibility index (Phi) is 1.02. The SMILES string of the molecule is O=C1C=CCC=N1. The number of dihydropyridines is 1. The minimum atomic E-state index is -0.147. The van der Waals surface area contributed by atoms with Crippen LogP contribution in [-0.4, -0.2) is 12.1 Å². The van der Waals surface area contributed by atoms with Crippen molar-refractivity contribution in [2.45, 2.75) is 6.42 Å². The van der Waals surface area contributed by atoms with Crippen molar-refractivity contribution in [3.05, 3.63) is 12.2 Å². The predicted octanol–water partition coefficient (Wildman–Crippen LogP) is 0.544. The van der Waals surface area contributed by atoms with Gasteiger partial charge in [-0.2, -0.15) is 0 Å². The fraction of sp³-hybridized carbons (Fsp3) is 0.200. The van der Waals surface area contributed by atoms with E-state index in [4.69, 9.17) is 0 Å². The molecule has 2 nitrogen and oxygen atoms in total. The first-order chi connectivity index (χ1) is 3.39. The Balaban J connectivity index is 2.66. The maximum absolute atomic E-state index is 10.2. The van der Waals surface area contributed by atoms with E-state index in [0.29, 0.717) is 0 Å². The minimum Gasteiger partial charge on any atom is -0.268 e. The molecule has 0 atom stereocenters. The Labute approximate surface area is 41.6 Å². The Bertz CT molecular complexity index is 121. The summed E-state index contributed by atoms with van der Waals surface area (Å²) < 4.78 is 0. The van der Waals surface area contributed by atoms with Gasteiger partial charge in [0.1, 0.15) is 0 Å². The predicted molar refractivity (Wildman–Crippen MR) is 27.3 cm³/mol. The lowest BCUT2D eigenvalue weighted by atomic mass is 10.3. The number of amides is 1. The third-order valence-electron chi connectivity index (χ3n) is 0.720. The summed E-state index contributed by atoms with van der Waals surface area (Å²) >= 11 is 0. The summed E-state index contributed by atoms with van der Waals surface area (Å²) in [7, 11) is 0. The second-order valence-corrected chi connectivity index (χ2v) is 1.29. The van der Waals surface area contributed by atoms with Crippen molar-refractivity contribution < 1.29 is 4.79 Å². The van der Waals surface area contributed by atoms with Crippen LogP contribution < -0.4 is 0 Å². The standard InChI is InChI=1S/C5H5NO/c7-5-3-1-2-4-6-5/h1,3-4H,2H2. The van der Waals surface area contributed by atoms with Crippen LogP contribution in [0.2, 0.25) is 0 Å². The molecule has 0 aromatic rings. The molecule has 1 amide bonds. The summed E-state index contributed by atoms with van der Waals surface area (Å²) in [6.07, 6.45) is 5.66. The summed E-state index contributed by atoms with van der Waals surface area (Å²) in [5, 5.41) is 0. The van der Waals surface area contributed by atoms with Gasteiger partial charge in [-0.3, -0.25) is 4.79 Å². The molecule has 36 valence electrons. The van der Waals surface area contributed by atoms with Gasteiger partial charge in [0, 0.05) is 18.7 Å². The van der Waals surface area contributed by atoms with E-state index in [1.165, 1.54) is 6.08 Å². The van der Waals surface area contributed by atoms with Gasteiger partial charge in [-0.25, -0.2) is 4.99 Å². The molecule has 0 unspecified atom stereocenters. The average Bonchev–Trinajstić information content (AvgIpc) is 1.69. The highest BCUT2D eigenvalue weighted by Gasteiger charge is 1.90. The highest BCUT2D eigenvalue weighted by Crippen LogP contribution is 1.88. The van der Waals surface area contributed by atoms with Gasteiger partial charge in [-0.05, 0) is 0 Å². The lowest BCUT2D eigenvalue weighted by Gasteiger charge is -1.87. The van der Waals surface area contributed by atoms with Crippen molar-refractivity contribution in [3.8, 4) is 0 Å². The van der Waals surface area contributed by atoms with E-state index in [0.717, 1.165) is 6.42 Å². The monoisotopic (exact) mass is 95.0 g/mol. The molecule has 0 spiro atoms. The van der Waals surface area contributed by atoms with Gasteiger partial charge in [0.05, 0.1) is 0 Å². The summed E-state index contributed by atoms with van der Waals surface area (Å²) in [6, 6.07) is 0. The first-order valence-corrected chi connectivity index (χ1v) is 2.12. The maximum Gasteiger partial charge on any atom is 0.269 e. The van der Waals surface area contributed by atoms with Crippen LogP contribution in [0.3, 0.4) is 0 Å². The molecule has 0 aromatic heterocycles. The third kappa shape index (κ3) is 0.961. The highest BCUT2D eigenvalue weighted by atomic mass is 16.1. The summed E-state index contributed by atoms with van der Waals surface area (Å²) in [6.45, 7) is 0. The zero-order valence-corrected chi connectivity index (χ0v) is 3.79. The molecule has 0 fully saturated rings. The number of allylic oxidation sites excluding steroid dienone is 1. The van der Waals surface area contributed by atoms with Crippen LogP contribution in [-0.2, 0) is 4.79 Å². The quantitative estimate of drug-likeness (QED) is 0.432. The van der Waals surface area contributed by atoms with Crippen molar-refractivity contribution in [1.82, 2.24) is 0 Å². The van der Waals surface area contributed by atoms with Gasteiger partial charge in [-0.1, -0.05) is 6.08 Å². The number of rotatable bonds is 0. The topological polar surface area (TPSA) is 29.4 Å². The number of nitrogens with zero attached hydrogens (tertiary/aromatic N) is 1. The van der Waals surface area contributed by atoms with Crippen LogP contribution in [0.15, 0.2) is 17.1 Å². The molecular weight excluding hydrogens is 90.1 g/mol. The number of hydrogen-bond acceptors (Lipinski definition) is 1. The molecule has 1 aliphatic rings. The number of carbonyl (C=O) groups excluding carboxylic acids is 1. The molecule has 0 bridgehead atoms. The highest BCUT2D eigenvalue weighted by molar-refractivity contribution is 5.96. The molecule has 0 saturated carbocycles. The number of aliphatic imine (C=N–C) groups is 1. The van der Waals surface area contributed by atoms with Crippen molar-refractivity contribution in [1.29, 1.82) is 0 Å². The Hall–Kier alpha value is -0.920. The van der Waals surface area contributed by atoms with Crippen LogP contribution in [0.25, 0.3) is 0 Å². The average molecular weight is 95.1 g/mol. The van der Waals surface area contributed by atoms with Gasteiger partial charge in [0.15, 0.2) is 0 Å². The summed E-state index contributed by atoms with van der Waals surface area (Å²) in [5.41, 5.74) is 0. The molecule has 0 aromatic carbocycles. The Morgan fingerprint density at radius 1 is 1.71 bits per heavy atom. The first-order valence-electron chi connectivity index (χ1n) is 2.12. The fourth-order valence-corrected chi connectivity index (χ4v) is 0.415. The lowest BCUT2D eigenvalue weighted by molar-refractivity contribution is -0.113. The molecule has 1 heterocycles. The molecule has 1 aliphatic heterocycles. The van der Waals surface area contributed by atoms with Crippen molar-refractivity contribution in [2.75, 3.05) is 0 Å². The van der Waals surface area contributed by atoms with Gasteiger partial charge >= 0.3 is 0 Å². The summed E-state index contributed by atoms with van der Waals surface area (Å²) in [4.78, 5) is 13.7. The fourth-order valence-electron chi connectivity index (χ4n) is 0.415. The van der Waals surface area contributed by atoms with E-state index in [-0.39, 0.29) is 5.91 Å². The molecule has 0 aliphatic carbocycles. The molecule has 0 saturated heterocycles. The molecular formula is C5H5NO. The first kappa shape index (κ1) is 4.24. The van der Waals surface area contributed by atoms with Crippen LogP contribution in [0.1, 0.15) is 6.42 Å². The van der Waals surface area contributed by atoms with E-state index < -0.39 is 0 Å². The maximum atomic E-state index is 10.2. The van der Waals surface area contributed by atoms with E-state index >= 15 is 0 Å². The zero-order chi connectivity index (χ0) is 5.11. The Morgan fingerprint density at radius 2 is 2.57 bits per heavy atom. The van der Waals surface area contributed by atoms with E-state index in [1.807, 2.05) is 0 Å². The van der Waals surface area contributed by atoms with E-state index in [1.54, 1.807) is 12.3 Å². The number of hydrogen-bond donors (Lipinski definition) is 0. The smallest absolute Gasteiger partial charge is 0.268 e. The zero-order valence-electron chi connectivity index (χ0n) is 3.79. The number of carbonyl (C=O) groups is 1. The van der Waals surface area contributed by atoms with Crippen molar-refractivity contribution in [2.24, 2.45) is 4.99 Å². The second kappa shape index (κ2) is 1.69. The van der Waals surface area contributed by atoms with Crippen LogP contribution in [0.4, 0.5) is 0 Å². The largest absolute Gasteiger partial charge is 0.269 e. The van der Waals surface area contributed by atoms with Crippen LogP contribution in [0, 0.1) is 0 Å². The lowest BCUT2D eigenvalue weighted by Crippen LogP contribution is -1.91. The van der Waals surface area contributed by atoms with Gasteiger partial charge in [-0.15, -0.1) is 0 Å². The molecule has 7 heavy (non-hydrogen) atoms. The second-order valence-electron chi connectivity index (χ2n) is 1.29. The third-order valence-corrected chi connectivity index (χ3v) is 0.720. The van der Waals surface area contributed by atoms with Crippen molar-refractivity contribution >= 4 is 12.1 Å². The molecule has 2 heteroatoms. The van der Waals surface area contributed by atoms with Gasteiger partial charge in [0.25, 0.3) is 5.91 Å². The van der Waals surface area contributed by atoms with Crippen LogP contribution >= 0.6 is 0 Å². The molecule has 0 radical (unpaired) electrons. The molecule has 0 N–H and O–H groups in total. The van der Waals surface area contributed by atoms with Crippen LogP contribution in [0.5, 0.6) is 0 Å². The molecule has 1 rings (SSSR count). The normalized spacial score (nSPS) is 18.0. The minimum absolute atomic E-state index is 0.147. The van der Waals surface area contributed by atoms with Crippen molar-refractivity contribution in [3.63, 3.8) is 0 Å². The van der Waals surface area contributed by atoms with E-state index in [9.17, 15) is 4.79 Å². The van der Waals surface area contributed by atoms with Gasteiger partial charge in [0.2, 0.25) is 0 Å². The Morgan fingerprint density at radius 3 is 2.86 bits per heavy atom. The summed E-state index contributed by atoms with van der Waals surface area (Å²) in [5.74, 6) is -0.147.